The van der Waals surface area contributed by atoms with Gasteiger partial charge in [-0.25, -0.2) is 4.98 Å². The number of imidazole rings is 1. The van der Waals surface area contributed by atoms with E-state index in [4.69, 9.17) is 12.2 Å². The summed E-state index contributed by atoms with van der Waals surface area (Å²) in [5.74, 6) is 0. The molecular weight excluding hydrogens is 267 g/mol. The second kappa shape index (κ2) is 5.07. The zero-order chi connectivity index (χ0) is 13.2. The second-order valence-electron chi connectivity index (χ2n) is 3.62. The molecule has 0 unspecified atom stereocenters. The molecule has 18 heavy (non-hydrogen) atoms. The Morgan fingerprint density at radius 2 is 2.22 bits per heavy atom. The molecule has 0 aliphatic carbocycles. The molecule has 1 N–H and O–H groups in total. The van der Waals surface area contributed by atoms with Gasteiger partial charge in [0, 0.05) is 6.20 Å². The van der Waals surface area contributed by atoms with Crippen molar-refractivity contribution in [2.45, 2.75) is 12.7 Å². The van der Waals surface area contributed by atoms with Gasteiger partial charge in [0.2, 0.25) is 0 Å². The van der Waals surface area contributed by atoms with Gasteiger partial charge >= 0.3 is 6.18 Å². The van der Waals surface area contributed by atoms with Gasteiger partial charge in [0.05, 0.1) is 18.7 Å². The fourth-order valence-electron chi connectivity index (χ4n) is 1.54. The third-order valence-electron chi connectivity index (χ3n) is 2.25. The van der Waals surface area contributed by atoms with E-state index in [0.29, 0.717) is 10.4 Å². The standard InChI is InChI=1S/C10H10F3N3OS/c11-10(12,13)6-17-5-4-16-8-7(15-9(16)18)2-1-3-14-8/h1-3H,4-6H2,(H,15,18). The van der Waals surface area contributed by atoms with E-state index in [-0.39, 0.29) is 13.2 Å². The van der Waals surface area contributed by atoms with Gasteiger partial charge < -0.3 is 9.72 Å². The number of rotatable bonds is 4. The molecule has 4 nitrogen and oxygen atoms in total. The SMILES string of the molecule is FC(F)(F)COCCn1c(=S)[nH]c2cccnc21. The topological polar surface area (TPSA) is 42.8 Å². The summed E-state index contributed by atoms with van der Waals surface area (Å²) in [5.41, 5.74) is 1.36. The molecule has 98 valence electrons. The number of aromatic amines is 1. The fraction of sp³-hybridized carbons (Fsp3) is 0.400. The number of nitrogens with zero attached hydrogens (tertiary/aromatic N) is 2. The quantitative estimate of drug-likeness (QED) is 0.690. The van der Waals surface area contributed by atoms with Crippen molar-refractivity contribution in [2.75, 3.05) is 13.2 Å². The lowest BCUT2D eigenvalue weighted by atomic mass is 10.4. The van der Waals surface area contributed by atoms with E-state index >= 15 is 0 Å². The molecule has 0 aromatic carbocycles. The number of fused-ring (bicyclic) bond motifs is 1. The molecule has 2 heterocycles. The van der Waals surface area contributed by atoms with E-state index in [2.05, 4.69) is 14.7 Å². The molecule has 0 spiro atoms. The fourth-order valence-corrected chi connectivity index (χ4v) is 1.83. The maximum Gasteiger partial charge on any atom is 0.411 e. The first kappa shape index (κ1) is 13.0. The van der Waals surface area contributed by atoms with Crippen molar-refractivity contribution in [3.63, 3.8) is 0 Å². The maximum absolute atomic E-state index is 11.9. The maximum atomic E-state index is 11.9. The van der Waals surface area contributed by atoms with Crippen LogP contribution in [0.25, 0.3) is 11.2 Å². The van der Waals surface area contributed by atoms with Crippen molar-refractivity contribution in [1.29, 1.82) is 0 Å². The molecule has 0 saturated carbocycles. The predicted molar refractivity (Wildman–Crippen MR) is 61.8 cm³/mol. The number of alkyl halides is 3. The number of pyridine rings is 1. The summed E-state index contributed by atoms with van der Waals surface area (Å²) in [7, 11) is 0. The number of halogens is 3. The number of aromatic nitrogens is 3. The lowest BCUT2D eigenvalue weighted by molar-refractivity contribution is -0.174. The molecule has 2 aromatic heterocycles. The molecule has 8 heteroatoms. The molecule has 0 saturated heterocycles. The Balaban J connectivity index is 2.04. The zero-order valence-corrected chi connectivity index (χ0v) is 10.0. The van der Waals surface area contributed by atoms with Gasteiger partial charge in [-0.2, -0.15) is 13.2 Å². The minimum absolute atomic E-state index is 0.0721. The van der Waals surface area contributed by atoms with Crippen molar-refractivity contribution >= 4 is 23.4 Å². The summed E-state index contributed by atoms with van der Waals surface area (Å²) in [5, 5.41) is 0. The van der Waals surface area contributed by atoms with Crippen LogP contribution < -0.4 is 0 Å². The van der Waals surface area contributed by atoms with Crippen LogP contribution in [0.3, 0.4) is 0 Å². The Morgan fingerprint density at radius 1 is 1.44 bits per heavy atom. The minimum Gasteiger partial charge on any atom is -0.370 e. The first-order chi connectivity index (χ1) is 8.47. The van der Waals surface area contributed by atoms with Gasteiger partial charge in [0.15, 0.2) is 10.4 Å². The molecule has 2 rings (SSSR count). The number of ether oxygens (including phenoxy) is 1. The molecule has 0 aliphatic rings. The van der Waals surface area contributed by atoms with Crippen LogP contribution in [0.15, 0.2) is 18.3 Å². The Morgan fingerprint density at radius 3 is 2.94 bits per heavy atom. The van der Waals surface area contributed by atoms with Crippen molar-refractivity contribution in [1.82, 2.24) is 14.5 Å². The second-order valence-corrected chi connectivity index (χ2v) is 4.01. The van der Waals surface area contributed by atoms with Crippen LogP contribution in [0.1, 0.15) is 0 Å². The Kier molecular flexibility index (Phi) is 3.67. The predicted octanol–water partition coefficient (Wildman–Crippen LogP) is 2.67. The van der Waals surface area contributed by atoms with E-state index < -0.39 is 12.8 Å². The van der Waals surface area contributed by atoms with Crippen molar-refractivity contribution in [3.8, 4) is 0 Å². The molecule has 0 aliphatic heterocycles. The van der Waals surface area contributed by atoms with E-state index in [1.807, 2.05) is 0 Å². The van der Waals surface area contributed by atoms with Gasteiger partial charge in [-0.15, -0.1) is 0 Å². The van der Waals surface area contributed by atoms with E-state index in [9.17, 15) is 13.2 Å². The summed E-state index contributed by atoms with van der Waals surface area (Å²) in [4.78, 5) is 7.04. The molecule has 0 fully saturated rings. The Bertz CT molecular complexity index is 590. The number of hydrogen-bond acceptors (Lipinski definition) is 3. The third kappa shape index (κ3) is 3.08. The molecule has 0 atom stereocenters. The average Bonchev–Trinajstić information content (AvgIpc) is 2.59. The van der Waals surface area contributed by atoms with Crippen LogP contribution in [0.2, 0.25) is 0 Å². The van der Waals surface area contributed by atoms with Crippen molar-refractivity contribution in [3.05, 3.63) is 23.1 Å². The van der Waals surface area contributed by atoms with Crippen LogP contribution in [0, 0.1) is 4.77 Å². The lowest BCUT2D eigenvalue weighted by Crippen LogP contribution is -2.19. The van der Waals surface area contributed by atoms with Gasteiger partial charge in [0.25, 0.3) is 0 Å². The van der Waals surface area contributed by atoms with Crippen LogP contribution >= 0.6 is 12.2 Å². The largest absolute Gasteiger partial charge is 0.411 e. The third-order valence-corrected chi connectivity index (χ3v) is 2.58. The van der Waals surface area contributed by atoms with E-state index in [1.54, 1.807) is 22.9 Å². The zero-order valence-electron chi connectivity index (χ0n) is 9.20. The highest BCUT2D eigenvalue weighted by molar-refractivity contribution is 7.71. The van der Waals surface area contributed by atoms with Gasteiger partial charge in [0.1, 0.15) is 6.61 Å². The first-order valence-electron chi connectivity index (χ1n) is 5.15. The highest BCUT2D eigenvalue weighted by Gasteiger charge is 2.27. The summed E-state index contributed by atoms with van der Waals surface area (Å²) in [6, 6.07) is 3.54. The monoisotopic (exact) mass is 277 g/mol. The normalized spacial score (nSPS) is 12.2. The first-order valence-corrected chi connectivity index (χ1v) is 5.56. The summed E-state index contributed by atoms with van der Waals surface area (Å²) < 4.78 is 42.2. The van der Waals surface area contributed by atoms with E-state index in [1.165, 1.54) is 0 Å². The lowest BCUT2D eigenvalue weighted by Gasteiger charge is -2.08. The molecule has 2 aromatic rings. The highest BCUT2D eigenvalue weighted by Crippen LogP contribution is 2.15. The Labute approximate surface area is 105 Å². The molecular formula is C10H10F3N3OS. The van der Waals surface area contributed by atoms with Gasteiger partial charge in [-0.05, 0) is 24.4 Å². The summed E-state index contributed by atoms with van der Waals surface area (Å²) in [6.07, 6.45) is -2.71. The van der Waals surface area contributed by atoms with Crippen molar-refractivity contribution < 1.29 is 17.9 Å². The average molecular weight is 277 g/mol. The molecule has 0 bridgehead atoms. The summed E-state index contributed by atoms with van der Waals surface area (Å²) in [6.45, 7) is -1.10. The molecule has 0 amide bonds. The van der Waals surface area contributed by atoms with E-state index in [0.717, 1.165) is 5.52 Å². The van der Waals surface area contributed by atoms with Crippen molar-refractivity contribution in [2.24, 2.45) is 0 Å². The number of H-pyrrole nitrogens is 1. The van der Waals surface area contributed by atoms with Gasteiger partial charge in [-0.1, -0.05) is 0 Å². The number of nitrogens with one attached hydrogen (secondary N) is 1. The van der Waals surface area contributed by atoms with Crippen LogP contribution in [-0.2, 0) is 11.3 Å². The van der Waals surface area contributed by atoms with Crippen LogP contribution in [0.5, 0.6) is 0 Å². The smallest absolute Gasteiger partial charge is 0.370 e. The number of hydrogen-bond donors (Lipinski definition) is 1. The Hall–Kier alpha value is -1.41. The van der Waals surface area contributed by atoms with Gasteiger partial charge in [-0.3, -0.25) is 4.57 Å². The molecule has 0 radical (unpaired) electrons. The minimum atomic E-state index is -4.31. The van der Waals surface area contributed by atoms with Crippen LogP contribution in [-0.4, -0.2) is 33.9 Å². The highest BCUT2D eigenvalue weighted by atomic mass is 32.1. The van der Waals surface area contributed by atoms with Crippen LogP contribution in [0.4, 0.5) is 13.2 Å². The summed E-state index contributed by atoms with van der Waals surface area (Å²) >= 11 is 5.07.